The Hall–Kier alpha value is -2.12. The van der Waals surface area contributed by atoms with Crippen LogP contribution in [0.1, 0.15) is 24.8 Å². The second-order valence-corrected chi connectivity index (χ2v) is 4.66. The second kappa shape index (κ2) is 7.46. The van der Waals surface area contributed by atoms with E-state index in [1.165, 1.54) is 0 Å². The lowest BCUT2D eigenvalue weighted by atomic mass is 10.1. The van der Waals surface area contributed by atoms with Gasteiger partial charge in [0.25, 0.3) is 0 Å². The van der Waals surface area contributed by atoms with E-state index in [1.807, 2.05) is 24.3 Å². The highest BCUT2D eigenvalue weighted by Crippen LogP contribution is 2.25. The molecule has 1 heterocycles. The number of ether oxygens (including phenoxy) is 1. The van der Waals surface area contributed by atoms with Crippen molar-refractivity contribution in [2.45, 2.75) is 19.3 Å². The van der Waals surface area contributed by atoms with Crippen molar-refractivity contribution >= 4 is 16.6 Å². The van der Waals surface area contributed by atoms with Gasteiger partial charge < -0.3 is 10.1 Å². The molecule has 0 radical (unpaired) electrons. The van der Waals surface area contributed by atoms with Crippen molar-refractivity contribution in [1.82, 2.24) is 4.98 Å². The summed E-state index contributed by atoms with van der Waals surface area (Å²) in [7, 11) is 1.72. The molecule has 0 bridgehead atoms. The fourth-order valence-corrected chi connectivity index (χ4v) is 2.18. The van der Waals surface area contributed by atoms with Gasteiger partial charge in [-0.05, 0) is 25.3 Å². The largest absolute Gasteiger partial charge is 0.385 e. The minimum atomic E-state index is 0.598. The highest BCUT2D eigenvalue weighted by Gasteiger charge is 2.07. The van der Waals surface area contributed by atoms with Crippen LogP contribution in [0.3, 0.4) is 0 Å². The molecule has 2 rings (SSSR count). The van der Waals surface area contributed by atoms with E-state index in [1.54, 1.807) is 13.3 Å². The second-order valence-electron chi connectivity index (χ2n) is 4.66. The number of rotatable bonds is 7. The molecule has 0 spiro atoms. The van der Waals surface area contributed by atoms with Gasteiger partial charge >= 0.3 is 0 Å². The number of unbranched alkanes of at least 4 members (excludes halogenated alkanes) is 2. The first-order valence-corrected chi connectivity index (χ1v) is 6.87. The first-order chi connectivity index (χ1) is 9.86. The van der Waals surface area contributed by atoms with Crippen LogP contribution in [0.15, 0.2) is 30.5 Å². The van der Waals surface area contributed by atoms with E-state index in [0.717, 1.165) is 49.0 Å². The third-order valence-electron chi connectivity index (χ3n) is 3.22. The average molecular weight is 269 g/mol. The molecule has 0 aliphatic carbocycles. The number of anilines is 1. The maximum Gasteiger partial charge on any atom is 0.103 e. The monoisotopic (exact) mass is 269 g/mol. The molecular weight excluding hydrogens is 250 g/mol. The number of para-hydroxylation sites is 1. The summed E-state index contributed by atoms with van der Waals surface area (Å²) in [5.74, 6) is 0. The number of nitrogens with zero attached hydrogens (tertiary/aromatic N) is 2. The molecule has 0 fully saturated rings. The lowest BCUT2D eigenvalue weighted by Crippen LogP contribution is -2.05. The molecule has 0 amide bonds. The number of hydrogen-bond acceptors (Lipinski definition) is 4. The van der Waals surface area contributed by atoms with Gasteiger partial charge in [0.15, 0.2) is 0 Å². The summed E-state index contributed by atoms with van der Waals surface area (Å²) < 4.78 is 5.03. The molecule has 4 heteroatoms. The Kier molecular flexibility index (Phi) is 5.33. The van der Waals surface area contributed by atoms with Gasteiger partial charge in [-0.3, -0.25) is 4.98 Å². The van der Waals surface area contributed by atoms with Crippen molar-refractivity contribution in [1.29, 1.82) is 5.26 Å². The van der Waals surface area contributed by atoms with Gasteiger partial charge in [0.1, 0.15) is 6.07 Å². The number of aromatic nitrogens is 1. The summed E-state index contributed by atoms with van der Waals surface area (Å²) in [6.07, 6.45) is 4.88. The lowest BCUT2D eigenvalue weighted by molar-refractivity contribution is 0.192. The normalized spacial score (nSPS) is 10.4. The number of nitriles is 1. The van der Waals surface area contributed by atoms with Crippen LogP contribution in [0.25, 0.3) is 10.9 Å². The van der Waals surface area contributed by atoms with E-state index in [9.17, 15) is 5.26 Å². The molecule has 0 aliphatic heterocycles. The molecule has 4 nitrogen and oxygen atoms in total. The quantitative estimate of drug-likeness (QED) is 0.783. The van der Waals surface area contributed by atoms with Gasteiger partial charge in [-0.2, -0.15) is 5.26 Å². The molecule has 0 aliphatic rings. The summed E-state index contributed by atoms with van der Waals surface area (Å²) in [4.78, 5) is 4.30. The summed E-state index contributed by atoms with van der Waals surface area (Å²) in [5.41, 5.74) is 2.40. The summed E-state index contributed by atoms with van der Waals surface area (Å²) >= 11 is 0. The van der Waals surface area contributed by atoms with E-state index in [0.29, 0.717) is 5.56 Å². The maximum absolute atomic E-state index is 9.20. The van der Waals surface area contributed by atoms with Crippen molar-refractivity contribution in [3.05, 3.63) is 36.0 Å². The van der Waals surface area contributed by atoms with E-state index in [-0.39, 0.29) is 0 Å². The van der Waals surface area contributed by atoms with Gasteiger partial charge in [-0.25, -0.2) is 0 Å². The van der Waals surface area contributed by atoms with Gasteiger partial charge in [0.05, 0.1) is 16.8 Å². The molecule has 1 aromatic heterocycles. The SMILES string of the molecule is COCCCCCNc1c(C#N)cnc2ccccc12. The molecule has 2 aromatic rings. The van der Waals surface area contributed by atoms with Gasteiger partial charge in [0.2, 0.25) is 0 Å². The van der Waals surface area contributed by atoms with Crippen LogP contribution in [-0.2, 0) is 4.74 Å². The number of fused-ring (bicyclic) bond motifs is 1. The zero-order valence-electron chi connectivity index (χ0n) is 11.7. The van der Waals surface area contributed by atoms with Crippen molar-refractivity contribution in [3.8, 4) is 6.07 Å². The van der Waals surface area contributed by atoms with Crippen LogP contribution < -0.4 is 5.32 Å². The highest BCUT2D eigenvalue weighted by atomic mass is 16.5. The number of benzene rings is 1. The first kappa shape index (κ1) is 14.3. The Morgan fingerprint density at radius 3 is 2.90 bits per heavy atom. The van der Waals surface area contributed by atoms with Crippen molar-refractivity contribution in [2.75, 3.05) is 25.6 Å². The maximum atomic E-state index is 9.20. The minimum absolute atomic E-state index is 0.598. The highest BCUT2D eigenvalue weighted by molar-refractivity contribution is 5.93. The zero-order valence-corrected chi connectivity index (χ0v) is 11.7. The fraction of sp³-hybridized carbons (Fsp3) is 0.375. The molecule has 0 atom stereocenters. The third kappa shape index (κ3) is 3.46. The fourth-order valence-electron chi connectivity index (χ4n) is 2.18. The molecule has 0 saturated carbocycles. The minimum Gasteiger partial charge on any atom is -0.385 e. The number of nitrogens with one attached hydrogen (secondary N) is 1. The van der Waals surface area contributed by atoms with E-state index in [4.69, 9.17) is 4.74 Å². The van der Waals surface area contributed by atoms with Gasteiger partial charge in [-0.1, -0.05) is 18.2 Å². The number of methoxy groups -OCH3 is 1. The van der Waals surface area contributed by atoms with Gasteiger partial charge in [0, 0.05) is 31.8 Å². The number of pyridine rings is 1. The molecule has 1 aromatic carbocycles. The standard InChI is InChI=1S/C16H19N3O/c1-20-10-6-2-5-9-18-16-13(11-17)12-19-15-8-4-3-7-14(15)16/h3-4,7-8,12H,2,5-6,9-10H2,1H3,(H,18,19). The van der Waals surface area contributed by atoms with Crippen LogP contribution >= 0.6 is 0 Å². The lowest BCUT2D eigenvalue weighted by Gasteiger charge is -2.11. The molecule has 104 valence electrons. The Morgan fingerprint density at radius 1 is 1.25 bits per heavy atom. The summed E-state index contributed by atoms with van der Waals surface area (Å²) in [5, 5.41) is 13.6. The third-order valence-corrected chi connectivity index (χ3v) is 3.22. The van der Waals surface area contributed by atoms with Crippen LogP contribution in [-0.4, -0.2) is 25.2 Å². The van der Waals surface area contributed by atoms with Crippen LogP contribution in [0, 0.1) is 11.3 Å². The molecule has 1 N–H and O–H groups in total. The summed E-state index contributed by atoms with van der Waals surface area (Å²) in [6.45, 7) is 1.66. The molecule has 0 saturated heterocycles. The van der Waals surface area contributed by atoms with Crippen LogP contribution in [0.4, 0.5) is 5.69 Å². The van der Waals surface area contributed by atoms with Crippen LogP contribution in [0.5, 0.6) is 0 Å². The predicted octanol–water partition coefficient (Wildman–Crippen LogP) is 3.34. The Morgan fingerprint density at radius 2 is 2.10 bits per heavy atom. The smallest absolute Gasteiger partial charge is 0.103 e. The van der Waals surface area contributed by atoms with E-state index in [2.05, 4.69) is 16.4 Å². The van der Waals surface area contributed by atoms with Crippen LogP contribution in [0.2, 0.25) is 0 Å². The Labute approximate surface area is 119 Å². The first-order valence-electron chi connectivity index (χ1n) is 6.87. The molecule has 0 unspecified atom stereocenters. The number of hydrogen-bond donors (Lipinski definition) is 1. The van der Waals surface area contributed by atoms with Crippen molar-refractivity contribution in [3.63, 3.8) is 0 Å². The molecule has 20 heavy (non-hydrogen) atoms. The van der Waals surface area contributed by atoms with E-state index >= 15 is 0 Å². The van der Waals surface area contributed by atoms with Crippen molar-refractivity contribution < 1.29 is 4.74 Å². The summed E-state index contributed by atoms with van der Waals surface area (Å²) in [6, 6.07) is 10.1. The predicted molar refractivity (Wildman–Crippen MR) is 80.7 cm³/mol. The van der Waals surface area contributed by atoms with E-state index < -0.39 is 0 Å². The van der Waals surface area contributed by atoms with Crippen molar-refractivity contribution in [2.24, 2.45) is 0 Å². The van der Waals surface area contributed by atoms with Gasteiger partial charge in [-0.15, -0.1) is 0 Å². The topological polar surface area (TPSA) is 57.9 Å². The zero-order chi connectivity index (χ0) is 14.2. The Bertz CT molecular complexity index is 604. The average Bonchev–Trinajstić information content (AvgIpc) is 2.50. The molecular formula is C16H19N3O. The Balaban J connectivity index is 2.06.